The maximum atomic E-state index is 5.87. The molecule has 0 atom stereocenters. The minimum absolute atomic E-state index is 0.128. The number of nitrogens with two attached hydrogens (primary N) is 1. The summed E-state index contributed by atoms with van der Waals surface area (Å²) in [5.41, 5.74) is 5.74. The summed E-state index contributed by atoms with van der Waals surface area (Å²) in [4.78, 5) is 0. The smallest absolute Gasteiger partial charge is 0.0281 e. The molecule has 0 aromatic heterocycles. The van der Waals surface area contributed by atoms with Crippen LogP contribution in [0.1, 0.15) is 46.0 Å². The summed E-state index contributed by atoms with van der Waals surface area (Å²) in [5, 5.41) is 0. The molecule has 1 fully saturated rings. The number of rotatable bonds is 2. The Kier molecular flexibility index (Phi) is 3.33. The standard InChI is InChI=1S/C11H21N/c1-11(2,12)9-8-10-6-4-3-5-7-10/h8-10H,3-7,12H2,1-2H3/b9-8-. The van der Waals surface area contributed by atoms with Crippen molar-refractivity contribution >= 4 is 0 Å². The van der Waals surface area contributed by atoms with Crippen LogP contribution in [0.15, 0.2) is 12.2 Å². The number of hydrogen-bond donors (Lipinski definition) is 1. The average molecular weight is 167 g/mol. The van der Waals surface area contributed by atoms with Gasteiger partial charge in [0.25, 0.3) is 0 Å². The average Bonchev–Trinajstić information content (AvgIpc) is 2.02. The summed E-state index contributed by atoms with van der Waals surface area (Å²) in [6, 6.07) is 0. The van der Waals surface area contributed by atoms with E-state index in [2.05, 4.69) is 12.2 Å². The van der Waals surface area contributed by atoms with E-state index in [4.69, 9.17) is 5.73 Å². The molecule has 1 saturated carbocycles. The molecule has 0 spiro atoms. The third-order valence-electron chi connectivity index (χ3n) is 2.45. The van der Waals surface area contributed by atoms with Crippen molar-refractivity contribution in [2.75, 3.05) is 0 Å². The molecule has 0 amide bonds. The molecule has 0 aromatic rings. The van der Waals surface area contributed by atoms with Crippen LogP contribution in [0.5, 0.6) is 0 Å². The summed E-state index contributed by atoms with van der Waals surface area (Å²) in [7, 11) is 0. The van der Waals surface area contributed by atoms with E-state index >= 15 is 0 Å². The molecule has 0 radical (unpaired) electrons. The van der Waals surface area contributed by atoms with Gasteiger partial charge in [-0.15, -0.1) is 0 Å². The zero-order valence-electron chi connectivity index (χ0n) is 8.34. The summed E-state index contributed by atoms with van der Waals surface area (Å²) >= 11 is 0. The quantitative estimate of drug-likeness (QED) is 0.629. The zero-order valence-corrected chi connectivity index (χ0v) is 8.34. The van der Waals surface area contributed by atoms with Crippen molar-refractivity contribution in [1.29, 1.82) is 0 Å². The van der Waals surface area contributed by atoms with E-state index in [0.717, 1.165) is 5.92 Å². The Morgan fingerprint density at radius 1 is 1.17 bits per heavy atom. The van der Waals surface area contributed by atoms with Gasteiger partial charge in [0.1, 0.15) is 0 Å². The monoisotopic (exact) mass is 167 g/mol. The molecular weight excluding hydrogens is 146 g/mol. The second kappa shape index (κ2) is 4.08. The van der Waals surface area contributed by atoms with Crippen LogP contribution >= 0.6 is 0 Å². The molecule has 0 aliphatic heterocycles. The van der Waals surface area contributed by atoms with E-state index in [1.54, 1.807) is 0 Å². The molecule has 1 heteroatoms. The summed E-state index contributed by atoms with van der Waals surface area (Å²) in [6.45, 7) is 4.10. The van der Waals surface area contributed by atoms with Crippen LogP contribution in [0, 0.1) is 5.92 Å². The van der Waals surface area contributed by atoms with Gasteiger partial charge in [-0.05, 0) is 32.6 Å². The first kappa shape index (κ1) is 9.79. The molecule has 0 bridgehead atoms. The molecule has 1 aliphatic rings. The van der Waals surface area contributed by atoms with Crippen LogP contribution in [0.4, 0.5) is 0 Å². The van der Waals surface area contributed by atoms with Crippen molar-refractivity contribution in [2.24, 2.45) is 11.7 Å². The van der Waals surface area contributed by atoms with Crippen LogP contribution in [0.25, 0.3) is 0 Å². The van der Waals surface area contributed by atoms with Gasteiger partial charge in [0, 0.05) is 5.54 Å². The zero-order chi connectivity index (χ0) is 9.03. The third kappa shape index (κ3) is 3.91. The Balaban J connectivity index is 2.33. The van der Waals surface area contributed by atoms with Gasteiger partial charge in [0.15, 0.2) is 0 Å². The number of hydrogen-bond acceptors (Lipinski definition) is 1. The van der Waals surface area contributed by atoms with E-state index in [0.29, 0.717) is 0 Å². The highest BCUT2D eigenvalue weighted by molar-refractivity contribution is 5.01. The molecule has 1 rings (SSSR count). The molecule has 12 heavy (non-hydrogen) atoms. The largest absolute Gasteiger partial charge is 0.322 e. The second-order valence-electron chi connectivity index (χ2n) is 4.58. The fraction of sp³-hybridized carbons (Fsp3) is 0.818. The van der Waals surface area contributed by atoms with Crippen molar-refractivity contribution in [1.82, 2.24) is 0 Å². The van der Waals surface area contributed by atoms with E-state index in [9.17, 15) is 0 Å². The lowest BCUT2D eigenvalue weighted by molar-refractivity contribution is 0.417. The maximum absolute atomic E-state index is 5.87. The van der Waals surface area contributed by atoms with Gasteiger partial charge >= 0.3 is 0 Å². The molecule has 0 unspecified atom stereocenters. The first-order valence-electron chi connectivity index (χ1n) is 5.06. The van der Waals surface area contributed by atoms with Crippen LogP contribution in [0.2, 0.25) is 0 Å². The van der Waals surface area contributed by atoms with Crippen molar-refractivity contribution in [3.63, 3.8) is 0 Å². The Labute approximate surface area is 76.0 Å². The summed E-state index contributed by atoms with van der Waals surface area (Å²) in [5.74, 6) is 0.807. The molecule has 1 aliphatic carbocycles. The van der Waals surface area contributed by atoms with Crippen LogP contribution < -0.4 is 5.73 Å². The van der Waals surface area contributed by atoms with Gasteiger partial charge in [-0.2, -0.15) is 0 Å². The minimum atomic E-state index is -0.128. The Bertz CT molecular complexity index is 147. The Morgan fingerprint density at radius 2 is 1.75 bits per heavy atom. The minimum Gasteiger partial charge on any atom is -0.322 e. The number of allylic oxidation sites excluding steroid dienone is 1. The van der Waals surface area contributed by atoms with Gasteiger partial charge in [-0.1, -0.05) is 31.4 Å². The lowest BCUT2D eigenvalue weighted by atomic mass is 9.88. The lowest BCUT2D eigenvalue weighted by Gasteiger charge is -2.20. The van der Waals surface area contributed by atoms with Crippen molar-refractivity contribution in [2.45, 2.75) is 51.5 Å². The molecule has 2 N–H and O–H groups in total. The van der Waals surface area contributed by atoms with Crippen molar-refractivity contribution < 1.29 is 0 Å². The first-order valence-corrected chi connectivity index (χ1v) is 5.06. The second-order valence-corrected chi connectivity index (χ2v) is 4.58. The highest BCUT2D eigenvalue weighted by Gasteiger charge is 2.11. The predicted molar refractivity (Wildman–Crippen MR) is 54.0 cm³/mol. The fourth-order valence-corrected chi connectivity index (χ4v) is 1.71. The normalized spacial score (nSPS) is 21.9. The molecule has 0 heterocycles. The van der Waals surface area contributed by atoms with Gasteiger partial charge in [-0.25, -0.2) is 0 Å². The summed E-state index contributed by atoms with van der Waals surface area (Å²) in [6.07, 6.45) is 11.4. The van der Waals surface area contributed by atoms with E-state index in [-0.39, 0.29) is 5.54 Å². The molecule has 0 saturated heterocycles. The topological polar surface area (TPSA) is 26.0 Å². The predicted octanol–water partition coefficient (Wildman–Crippen LogP) is 2.86. The first-order chi connectivity index (χ1) is 5.58. The third-order valence-corrected chi connectivity index (χ3v) is 2.45. The summed E-state index contributed by atoms with van der Waals surface area (Å²) < 4.78 is 0. The molecule has 0 aromatic carbocycles. The molecule has 1 nitrogen and oxygen atoms in total. The van der Waals surface area contributed by atoms with Gasteiger partial charge in [-0.3, -0.25) is 0 Å². The van der Waals surface area contributed by atoms with Crippen LogP contribution in [-0.2, 0) is 0 Å². The molecular formula is C11H21N. The SMILES string of the molecule is CC(C)(N)/C=C\C1CCCCC1. The molecule has 70 valence electrons. The Hall–Kier alpha value is -0.300. The van der Waals surface area contributed by atoms with E-state index in [1.165, 1.54) is 32.1 Å². The fourth-order valence-electron chi connectivity index (χ4n) is 1.71. The highest BCUT2D eigenvalue weighted by atomic mass is 14.7. The van der Waals surface area contributed by atoms with Crippen molar-refractivity contribution in [3.05, 3.63) is 12.2 Å². The van der Waals surface area contributed by atoms with Gasteiger partial charge in [0.2, 0.25) is 0 Å². The maximum Gasteiger partial charge on any atom is 0.0281 e. The van der Waals surface area contributed by atoms with Crippen molar-refractivity contribution in [3.8, 4) is 0 Å². The van der Waals surface area contributed by atoms with Gasteiger partial charge in [0.05, 0.1) is 0 Å². The van der Waals surface area contributed by atoms with Crippen LogP contribution in [-0.4, -0.2) is 5.54 Å². The van der Waals surface area contributed by atoms with Crippen LogP contribution in [0.3, 0.4) is 0 Å². The van der Waals surface area contributed by atoms with E-state index in [1.807, 2.05) is 13.8 Å². The lowest BCUT2D eigenvalue weighted by Crippen LogP contribution is -2.29. The Morgan fingerprint density at radius 3 is 2.25 bits per heavy atom. The highest BCUT2D eigenvalue weighted by Crippen LogP contribution is 2.24. The van der Waals surface area contributed by atoms with E-state index < -0.39 is 0 Å². The van der Waals surface area contributed by atoms with Gasteiger partial charge < -0.3 is 5.73 Å².